The molecule has 0 saturated heterocycles. The van der Waals surface area contributed by atoms with Crippen LogP contribution in [0.3, 0.4) is 0 Å². The van der Waals surface area contributed by atoms with Gasteiger partial charge < -0.3 is 5.32 Å². The van der Waals surface area contributed by atoms with Crippen molar-refractivity contribution in [3.05, 3.63) is 95.3 Å². The summed E-state index contributed by atoms with van der Waals surface area (Å²) in [5.74, 6) is -0.597. The predicted octanol–water partition coefficient (Wildman–Crippen LogP) is 5.91. The van der Waals surface area contributed by atoms with Gasteiger partial charge in [-0.05, 0) is 55.8 Å². The Morgan fingerprint density at radius 3 is 2.43 bits per heavy atom. The molecule has 0 radical (unpaired) electrons. The fourth-order valence-corrected chi connectivity index (χ4v) is 3.33. The third kappa shape index (κ3) is 3.49. The number of pyridine rings is 1. The van der Waals surface area contributed by atoms with Crippen molar-refractivity contribution in [2.75, 3.05) is 5.32 Å². The smallest absolute Gasteiger partial charge is 0.256 e. The minimum absolute atomic E-state index is 0.253. The van der Waals surface area contributed by atoms with E-state index in [4.69, 9.17) is 4.98 Å². The number of aryl methyl sites for hydroxylation is 2. The van der Waals surface area contributed by atoms with Crippen LogP contribution in [0.4, 0.5) is 10.1 Å². The summed E-state index contributed by atoms with van der Waals surface area (Å²) in [4.78, 5) is 17.8. The van der Waals surface area contributed by atoms with E-state index in [9.17, 15) is 9.18 Å². The maximum Gasteiger partial charge on any atom is 0.256 e. The van der Waals surface area contributed by atoms with E-state index in [1.165, 1.54) is 17.7 Å². The molecule has 3 aromatic carbocycles. The summed E-state index contributed by atoms with van der Waals surface area (Å²) in [6, 6.07) is 21.3. The van der Waals surface area contributed by atoms with Crippen LogP contribution in [-0.2, 0) is 0 Å². The molecule has 0 aliphatic carbocycles. The molecule has 1 amide bonds. The largest absolute Gasteiger partial charge is 0.322 e. The van der Waals surface area contributed by atoms with Crippen LogP contribution < -0.4 is 5.32 Å². The number of para-hydroxylation sites is 1. The van der Waals surface area contributed by atoms with Crippen LogP contribution in [0.5, 0.6) is 0 Å². The van der Waals surface area contributed by atoms with E-state index in [0.29, 0.717) is 11.3 Å². The summed E-state index contributed by atoms with van der Waals surface area (Å²) in [6.45, 7) is 4.09. The molecule has 138 valence electrons. The fourth-order valence-electron chi connectivity index (χ4n) is 3.33. The van der Waals surface area contributed by atoms with Crippen molar-refractivity contribution in [3.8, 4) is 11.3 Å². The number of carbonyl (C=O) groups excluding carboxylic acids is 1. The number of aromatic nitrogens is 1. The molecular weight excluding hydrogens is 351 g/mol. The zero-order valence-corrected chi connectivity index (χ0v) is 15.7. The second-order valence-electron chi connectivity index (χ2n) is 6.85. The van der Waals surface area contributed by atoms with Crippen molar-refractivity contribution in [1.82, 2.24) is 4.98 Å². The summed E-state index contributed by atoms with van der Waals surface area (Å²) < 4.78 is 13.1. The topological polar surface area (TPSA) is 42.0 Å². The first-order valence-corrected chi connectivity index (χ1v) is 9.05. The highest BCUT2D eigenvalue weighted by Crippen LogP contribution is 2.28. The van der Waals surface area contributed by atoms with Gasteiger partial charge in [-0.2, -0.15) is 0 Å². The molecule has 4 heteroatoms. The fraction of sp³-hybridized carbons (Fsp3) is 0.0833. The molecular formula is C24H19FN2O. The number of nitrogens with zero attached hydrogens (tertiary/aromatic N) is 1. The van der Waals surface area contributed by atoms with Crippen molar-refractivity contribution >= 4 is 22.5 Å². The molecule has 28 heavy (non-hydrogen) atoms. The van der Waals surface area contributed by atoms with Crippen LogP contribution in [0.15, 0.2) is 72.8 Å². The van der Waals surface area contributed by atoms with Crippen LogP contribution in [0, 0.1) is 19.7 Å². The number of benzene rings is 3. The lowest BCUT2D eigenvalue weighted by Crippen LogP contribution is -2.13. The number of hydrogen-bond donors (Lipinski definition) is 1. The highest BCUT2D eigenvalue weighted by atomic mass is 19.1. The van der Waals surface area contributed by atoms with Gasteiger partial charge in [-0.25, -0.2) is 9.37 Å². The Morgan fingerprint density at radius 1 is 0.929 bits per heavy atom. The lowest BCUT2D eigenvalue weighted by Gasteiger charge is -2.12. The predicted molar refractivity (Wildman–Crippen MR) is 111 cm³/mol. The van der Waals surface area contributed by atoms with Crippen LogP contribution in [0.1, 0.15) is 21.5 Å². The summed E-state index contributed by atoms with van der Waals surface area (Å²) in [6.07, 6.45) is 0. The third-order valence-electron chi connectivity index (χ3n) is 4.72. The van der Waals surface area contributed by atoms with Gasteiger partial charge >= 0.3 is 0 Å². The molecule has 0 spiro atoms. The quantitative estimate of drug-likeness (QED) is 0.487. The number of fused-ring (bicyclic) bond motifs is 1. The Labute approximate surface area is 162 Å². The molecule has 4 rings (SSSR count). The molecule has 3 nitrogen and oxygen atoms in total. The Balaban J connectivity index is 1.82. The van der Waals surface area contributed by atoms with Crippen LogP contribution >= 0.6 is 0 Å². The maximum absolute atomic E-state index is 13.1. The maximum atomic E-state index is 13.1. The van der Waals surface area contributed by atoms with Crippen molar-refractivity contribution < 1.29 is 9.18 Å². The molecule has 0 unspecified atom stereocenters. The van der Waals surface area contributed by atoms with Crippen LogP contribution in [0.2, 0.25) is 0 Å². The van der Waals surface area contributed by atoms with Crippen molar-refractivity contribution in [3.63, 3.8) is 0 Å². The minimum Gasteiger partial charge on any atom is -0.322 e. The van der Waals surface area contributed by atoms with E-state index in [-0.39, 0.29) is 11.7 Å². The van der Waals surface area contributed by atoms with Gasteiger partial charge in [0.1, 0.15) is 5.82 Å². The van der Waals surface area contributed by atoms with Gasteiger partial charge in [0.25, 0.3) is 5.91 Å². The number of anilines is 1. The number of hydrogen-bond acceptors (Lipinski definition) is 2. The van der Waals surface area contributed by atoms with Crippen LogP contribution in [0.25, 0.3) is 22.2 Å². The molecule has 1 heterocycles. The summed E-state index contributed by atoms with van der Waals surface area (Å²) in [5, 5.41) is 3.62. The Morgan fingerprint density at radius 2 is 1.68 bits per heavy atom. The van der Waals surface area contributed by atoms with E-state index in [1.54, 1.807) is 12.1 Å². The number of carbonyl (C=O) groups is 1. The molecule has 0 bridgehead atoms. The summed E-state index contributed by atoms with van der Waals surface area (Å²) in [7, 11) is 0. The van der Waals surface area contributed by atoms with E-state index in [0.717, 1.165) is 27.7 Å². The standard InChI is InChI=1S/C24H19FN2O/c1-15-7-12-19(16(2)13-15)23-14-21(20-5-3-4-6-22(20)27-23)24(28)26-18-10-8-17(25)9-11-18/h3-14H,1-2H3,(H,26,28). The third-order valence-corrected chi connectivity index (χ3v) is 4.72. The summed E-state index contributed by atoms with van der Waals surface area (Å²) >= 11 is 0. The molecule has 0 saturated carbocycles. The van der Waals surface area contributed by atoms with Crippen molar-refractivity contribution in [2.45, 2.75) is 13.8 Å². The first-order chi connectivity index (χ1) is 13.5. The second-order valence-corrected chi connectivity index (χ2v) is 6.85. The Kier molecular flexibility index (Phi) is 4.62. The number of halogens is 1. The van der Waals surface area contributed by atoms with Gasteiger partial charge in [-0.3, -0.25) is 4.79 Å². The molecule has 0 atom stereocenters. The van der Waals surface area contributed by atoms with E-state index in [2.05, 4.69) is 11.4 Å². The molecule has 4 aromatic rings. The number of amides is 1. The first-order valence-electron chi connectivity index (χ1n) is 9.05. The highest BCUT2D eigenvalue weighted by Gasteiger charge is 2.15. The SMILES string of the molecule is Cc1ccc(-c2cc(C(=O)Nc3ccc(F)cc3)c3ccccc3n2)c(C)c1. The van der Waals surface area contributed by atoms with E-state index in [1.807, 2.05) is 56.3 Å². The molecule has 0 aliphatic heterocycles. The van der Waals surface area contributed by atoms with Gasteiger partial charge in [0, 0.05) is 16.6 Å². The van der Waals surface area contributed by atoms with Crippen LogP contribution in [-0.4, -0.2) is 10.9 Å². The van der Waals surface area contributed by atoms with E-state index < -0.39 is 0 Å². The molecule has 0 aliphatic rings. The lowest BCUT2D eigenvalue weighted by atomic mass is 9.99. The van der Waals surface area contributed by atoms with Gasteiger partial charge in [-0.15, -0.1) is 0 Å². The lowest BCUT2D eigenvalue weighted by molar-refractivity contribution is 0.102. The zero-order chi connectivity index (χ0) is 19.7. The highest BCUT2D eigenvalue weighted by molar-refractivity contribution is 6.13. The monoisotopic (exact) mass is 370 g/mol. The Bertz CT molecular complexity index is 1180. The minimum atomic E-state index is -0.343. The zero-order valence-electron chi connectivity index (χ0n) is 15.7. The average molecular weight is 370 g/mol. The van der Waals surface area contributed by atoms with Gasteiger partial charge in [0.15, 0.2) is 0 Å². The van der Waals surface area contributed by atoms with E-state index >= 15 is 0 Å². The van der Waals surface area contributed by atoms with Gasteiger partial charge in [0.2, 0.25) is 0 Å². The average Bonchev–Trinajstić information content (AvgIpc) is 2.69. The van der Waals surface area contributed by atoms with Gasteiger partial charge in [0.05, 0.1) is 16.8 Å². The van der Waals surface area contributed by atoms with Crippen molar-refractivity contribution in [1.29, 1.82) is 0 Å². The number of nitrogens with one attached hydrogen (secondary N) is 1. The summed E-state index contributed by atoms with van der Waals surface area (Å²) in [5.41, 5.74) is 5.85. The first kappa shape index (κ1) is 17.9. The second kappa shape index (κ2) is 7.24. The Hall–Kier alpha value is -3.53. The molecule has 0 fully saturated rings. The van der Waals surface area contributed by atoms with Gasteiger partial charge in [-0.1, -0.05) is 42.0 Å². The molecule has 1 aromatic heterocycles. The van der Waals surface area contributed by atoms with Crippen molar-refractivity contribution in [2.24, 2.45) is 0 Å². The number of rotatable bonds is 3. The normalized spacial score (nSPS) is 10.8. The molecule has 1 N–H and O–H groups in total.